The first-order valence-corrected chi connectivity index (χ1v) is 9.89. The minimum atomic E-state index is -0.506. The van der Waals surface area contributed by atoms with Crippen molar-refractivity contribution in [3.63, 3.8) is 0 Å². The zero-order valence-electron chi connectivity index (χ0n) is 16.7. The largest absolute Gasteiger partial charge is 0.494 e. The van der Waals surface area contributed by atoms with E-state index in [2.05, 4.69) is 16.7 Å². The van der Waals surface area contributed by atoms with Crippen LogP contribution in [-0.4, -0.2) is 42.6 Å². The summed E-state index contributed by atoms with van der Waals surface area (Å²) in [7, 11) is 1.41. The van der Waals surface area contributed by atoms with Gasteiger partial charge in [-0.05, 0) is 55.3 Å². The summed E-state index contributed by atoms with van der Waals surface area (Å²) in [5, 5.41) is 8.78. The Hall–Kier alpha value is -2.68. The first-order valence-electron chi connectivity index (χ1n) is 9.89. The van der Waals surface area contributed by atoms with Crippen molar-refractivity contribution in [1.29, 1.82) is 0 Å². The van der Waals surface area contributed by atoms with Gasteiger partial charge in [-0.15, -0.1) is 0 Å². The predicted octanol–water partition coefficient (Wildman–Crippen LogP) is 3.66. The fourth-order valence-corrected chi connectivity index (χ4v) is 3.64. The molecule has 0 bridgehead atoms. The second-order valence-electron chi connectivity index (χ2n) is 7.26. The Morgan fingerprint density at radius 3 is 2.76 bits per heavy atom. The van der Waals surface area contributed by atoms with Gasteiger partial charge in [-0.25, -0.2) is 4.39 Å². The molecule has 152 valence electrons. The standard InChI is InChI=1S/C24H26FNO3/c1-29-23-12-11-20(15-22(23)25)24(28)21-6-4-13-26(17-21)16-19-9-7-18(8-10-19)5-2-3-14-27/h7-12,15,21,27H,3-4,6,13-14,16-17H2,1H3/t21-/m1/s1. The first-order chi connectivity index (χ1) is 14.1. The highest BCUT2D eigenvalue weighted by molar-refractivity contribution is 5.98. The quantitative estimate of drug-likeness (QED) is 0.599. The van der Waals surface area contributed by atoms with E-state index in [9.17, 15) is 9.18 Å². The van der Waals surface area contributed by atoms with Crippen molar-refractivity contribution in [2.45, 2.75) is 25.8 Å². The smallest absolute Gasteiger partial charge is 0.167 e. The number of aliphatic hydroxyl groups excluding tert-OH is 1. The molecule has 0 aliphatic carbocycles. The zero-order valence-corrected chi connectivity index (χ0v) is 16.7. The summed E-state index contributed by atoms with van der Waals surface area (Å²) >= 11 is 0. The summed E-state index contributed by atoms with van der Waals surface area (Å²) in [6.07, 6.45) is 2.24. The zero-order chi connectivity index (χ0) is 20.6. The average Bonchev–Trinajstić information content (AvgIpc) is 2.75. The maximum Gasteiger partial charge on any atom is 0.167 e. The number of carbonyl (C=O) groups is 1. The van der Waals surface area contributed by atoms with Crippen LogP contribution >= 0.6 is 0 Å². The van der Waals surface area contributed by atoms with E-state index < -0.39 is 5.82 Å². The Kier molecular flexibility index (Phi) is 7.40. The third-order valence-corrected chi connectivity index (χ3v) is 5.14. The van der Waals surface area contributed by atoms with Gasteiger partial charge in [0.1, 0.15) is 0 Å². The summed E-state index contributed by atoms with van der Waals surface area (Å²) in [5.41, 5.74) is 2.50. The molecule has 0 unspecified atom stereocenters. The van der Waals surface area contributed by atoms with Crippen molar-refractivity contribution < 1.29 is 19.0 Å². The molecule has 1 atom stereocenters. The number of halogens is 1. The molecule has 0 saturated carbocycles. The van der Waals surface area contributed by atoms with Gasteiger partial charge in [0, 0.05) is 36.6 Å². The molecule has 4 nitrogen and oxygen atoms in total. The summed E-state index contributed by atoms with van der Waals surface area (Å²) in [6.45, 7) is 2.46. The van der Waals surface area contributed by atoms with E-state index in [1.54, 1.807) is 6.07 Å². The Morgan fingerprint density at radius 2 is 2.07 bits per heavy atom. The van der Waals surface area contributed by atoms with Crippen molar-refractivity contribution in [2.75, 3.05) is 26.8 Å². The fourth-order valence-electron chi connectivity index (χ4n) is 3.64. The maximum absolute atomic E-state index is 14.0. The number of hydrogen-bond donors (Lipinski definition) is 1. The predicted molar refractivity (Wildman–Crippen MR) is 110 cm³/mol. The van der Waals surface area contributed by atoms with Crippen molar-refractivity contribution >= 4 is 5.78 Å². The molecular weight excluding hydrogens is 369 g/mol. The van der Waals surface area contributed by atoms with E-state index >= 15 is 0 Å². The number of carbonyl (C=O) groups excluding carboxylic acids is 1. The molecule has 1 fully saturated rings. The molecule has 1 aliphatic heterocycles. The van der Waals surface area contributed by atoms with Gasteiger partial charge in [-0.2, -0.15) is 0 Å². The minimum absolute atomic E-state index is 0.00856. The van der Waals surface area contributed by atoms with E-state index in [4.69, 9.17) is 9.84 Å². The SMILES string of the molecule is COc1ccc(C(=O)[C@@H]2CCCN(Cc3ccc(C#CCCO)cc3)C2)cc1F. The van der Waals surface area contributed by atoms with Crippen LogP contribution in [0.5, 0.6) is 5.75 Å². The number of likely N-dealkylation sites (tertiary alicyclic amines) is 1. The van der Waals surface area contributed by atoms with Crippen LogP contribution in [0, 0.1) is 23.6 Å². The second kappa shape index (κ2) is 10.2. The Bertz CT molecular complexity index is 899. The average molecular weight is 395 g/mol. The van der Waals surface area contributed by atoms with Crippen molar-refractivity contribution in [2.24, 2.45) is 5.92 Å². The molecule has 2 aromatic carbocycles. The number of aliphatic hydroxyl groups is 1. The normalized spacial score (nSPS) is 16.7. The molecule has 1 N–H and O–H groups in total. The van der Waals surface area contributed by atoms with Crippen LogP contribution < -0.4 is 4.74 Å². The number of benzene rings is 2. The molecule has 1 saturated heterocycles. The lowest BCUT2D eigenvalue weighted by molar-refractivity contribution is 0.0811. The lowest BCUT2D eigenvalue weighted by atomic mass is 9.89. The molecule has 0 spiro atoms. The van der Waals surface area contributed by atoms with E-state index in [1.807, 2.05) is 24.3 Å². The van der Waals surface area contributed by atoms with Gasteiger partial charge in [0.2, 0.25) is 0 Å². The lowest BCUT2D eigenvalue weighted by Crippen LogP contribution is -2.38. The minimum Gasteiger partial charge on any atom is -0.494 e. The molecule has 29 heavy (non-hydrogen) atoms. The summed E-state index contributed by atoms with van der Waals surface area (Å²) < 4.78 is 18.9. The second-order valence-corrected chi connectivity index (χ2v) is 7.26. The molecule has 1 aliphatic rings. The van der Waals surface area contributed by atoms with Crippen LogP contribution in [0.15, 0.2) is 42.5 Å². The Balaban J connectivity index is 1.61. The summed E-state index contributed by atoms with van der Waals surface area (Å²) in [6, 6.07) is 12.5. The highest BCUT2D eigenvalue weighted by Gasteiger charge is 2.27. The number of nitrogens with zero attached hydrogens (tertiary/aromatic N) is 1. The van der Waals surface area contributed by atoms with E-state index in [1.165, 1.54) is 24.8 Å². The van der Waals surface area contributed by atoms with Crippen LogP contribution in [0.2, 0.25) is 0 Å². The van der Waals surface area contributed by atoms with Gasteiger partial charge >= 0.3 is 0 Å². The number of ether oxygens (including phenoxy) is 1. The Labute approximate surface area is 171 Å². The van der Waals surface area contributed by atoms with Gasteiger partial charge in [0.05, 0.1) is 13.7 Å². The van der Waals surface area contributed by atoms with Crippen LogP contribution in [0.25, 0.3) is 0 Å². The van der Waals surface area contributed by atoms with Gasteiger partial charge in [0.15, 0.2) is 17.3 Å². The van der Waals surface area contributed by atoms with Gasteiger partial charge in [0.25, 0.3) is 0 Å². The number of Topliss-reactive ketones (excluding diaryl/α,β-unsaturated/α-hetero) is 1. The van der Waals surface area contributed by atoms with Crippen LogP contribution in [0.1, 0.15) is 40.7 Å². The number of piperidine rings is 1. The van der Waals surface area contributed by atoms with Crippen LogP contribution in [-0.2, 0) is 6.54 Å². The molecule has 0 amide bonds. The Morgan fingerprint density at radius 1 is 1.28 bits per heavy atom. The monoisotopic (exact) mass is 395 g/mol. The molecule has 5 heteroatoms. The first kappa shape index (κ1) is 21.0. The number of methoxy groups -OCH3 is 1. The van der Waals surface area contributed by atoms with Gasteiger partial charge < -0.3 is 9.84 Å². The third-order valence-electron chi connectivity index (χ3n) is 5.14. The lowest BCUT2D eigenvalue weighted by Gasteiger charge is -2.32. The molecular formula is C24H26FNO3. The fraction of sp³-hybridized carbons (Fsp3) is 0.375. The van der Waals surface area contributed by atoms with Gasteiger partial charge in [-0.3, -0.25) is 9.69 Å². The highest BCUT2D eigenvalue weighted by atomic mass is 19.1. The van der Waals surface area contributed by atoms with E-state index in [0.717, 1.165) is 31.5 Å². The maximum atomic E-state index is 14.0. The third kappa shape index (κ3) is 5.66. The number of rotatable bonds is 6. The topological polar surface area (TPSA) is 49.8 Å². The van der Waals surface area contributed by atoms with E-state index in [-0.39, 0.29) is 24.1 Å². The molecule has 1 heterocycles. The van der Waals surface area contributed by atoms with Gasteiger partial charge in [-0.1, -0.05) is 24.0 Å². The number of hydrogen-bond acceptors (Lipinski definition) is 4. The molecule has 2 aromatic rings. The van der Waals surface area contributed by atoms with E-state index in [0.29, 0.717) is 18.5 Å². The summed E-state index contributed by atoms with van der Waals surface area (Å²) in [4.78, 5) is 15.1. The number of ketones is 1. The van der Waals surface area contributed by atoms with Crippen LogP contribution in [0.4, 0.5) is 4.39 Å². The molecule has 3 rings (SSSR count). The van der Waals surface area contributed by atoms with Crippen molar-refractivity contribution in [1.82, 2.24) is 4.90 Å². The molecule has 0 radical (unpaired) electrons. The van der Waals surface area contributed by atoms with Crippen molar-refractivity contribution in [3.8, 4) is 17.6 Å². The highest BCUT2D eigenvalue weighted by Crippen LogP contribution is 2.25. The van der Waals surface area contributed by atoms with Crippen LogP contribution in [0.3, 0.4) is 0 Å². The van der Waals surface area contributed by atoms with Crippen molar-refractivity contribution in [3.05, 3.63) is 65.0 Å². The summed E-state index contributed by atoms with van der Waals surface area (Å²) in [5.74, 6) is 5.45. The molecule has 0 aromatic heterocycles.